The Balaban J connectivity index is 1.03. The number of nitrogens with zero attached hydrogens (tertiary/aromatic N) is 2. The van der Waals surface area contributed by atoms with Crippen molar-refractivity contribution in [3.05, 3.63) is 212 Å². The Morgan fingerprint density at radius 1 is 0.468 bits per heavy atom. The number of fused-ring (bicyclic) bond motifs is 11. The van der Waals surface area contributed by atoms with Crippen LogP contribution in [0, 0.1) is 0 Å². The lowest BCUT2D eigenvalue weighted by atomic mass is 9.96. The minimum atomic E-state index is 0.945. The molecule has 11 aromatic rings. The van der Waals surface area contributed by atoms with E-state index in [9.17, 15) is 0 Å². The lowest BCUT2D eigenvalue weighted by molar-refractivity contribution is 1.11. The molecular formula is C59H38N2S. The molecule has 0 saturated heterocycles. The third kappa shape index (κ3) is 4.97. The summed E-state index contributed by atoms with van der Waals surface area (Å²) in [6.07, 6.45) is 16.0. The normalized spacial score (nSPS) is 13.2. The molecule has 2 aliphatic carbocycles. The van der Waals surface area contributed by atoms with Crippen LogP contribution >= 0.6 is 11.3 Å². The fraction of sp³-hybridized carbons (Fsp3) is 0.0169. The molecule has 0 radical (unpaired) electrons. The maximum Gasteiger partial charge on any atom is 0.0553 e. The summed E-state index contributed by atoms with van der Waals surface area (Å²) in [6.45, 7) is 8.62. The van der Waals surface area contributed by atoms with Gasteiger partial charge in [-0.05, 0) is 128 Å². The van der Waals surface area contributed by atoms with Gasteiger partial charge in [0.25, 0.3) is 0 Å². The largest absolute Gasteiger partial charge is 0.309 e. The van der Waals surface area contributed by atoms with E-state index in [0.29, 0.717) is 0 Å². The van der Waals surface area contributed by atoms with Gasteiger partial charge in [-0.3, -0.25) is 0 Å². The van der Waals surface area contributed by atoms with Crippen LogP contribution < -0.4 is 0 Å². The standard InChI is InChI=1S/C59H38N2S/c1-3-42-49-32-38(25-29-53(49)60(52(42)4-2)41-27-28-46-45-21-11-12-24-56(45)62-57(46)34-41)39-26-30-54-51(33-39)59-48-23-14-22-47-43-19-9-10-20-44(43)50(58(47)48)35-55(59)61(54)40-18-13-17-37(31-40)36-15-7-5-6-8-16-36/h3-5,7-35H,1-2,6H2. The Kier molecular flexibility index (Phi) is 7.58. The van der Waals surface area contributed by atoms with E-state index in [-0.39, 0.29) is 0 Å². The van der Waals surface area contributed by atoms with Gasteiger partial charge in [-0.2, -0.15) is 0 Å². The van der Waals surface area contributed by atoms with Crippen LogP contribution in [0.4, 0.5) is 0 Å². The van der Waals surface area contributed by atoms with Crippen molar-refractivity contribution in [1.82, 2.24) is 9.13 Å². The van der Waals surface area contributed by atoms with Gasteiger partial charge < -0.3 is 9.13 Å². The van der Waals surface area contributed by atoms with Crippen molar-refractivity contribution < 1.29 is 0 Å². The number of benzene rings is 8. The average molecular weight is 807 g/mol. The molecule has 8 aromatic carbocycles. The Morgan fingerprint density at radius 3 is 2.05 bits per heavy atom. The first-order valence-corrected chi connectivity index (χ1v) is 22.1. The zero-order chi connectivity index (χ0) is 41.1. The first-order valence-electron chi connectivity index (χ1n) is 21.3. The van der Waals surface area contributed by atoms with Gasteiger partial charge in [0, 0.05) is 53.3 Å². The molecule has 0 bridgehead atoms. The highest BCUT2D eigenvalue weighted by Gasteiger charge is 2.26. The van der Waals surface area contributed by atoms with Crippen molar-refractivity contribution in [3.8, 4) is 44.8 Å². The van der Waals surface area contributed by atoms with E-state index in [1.54, 1.807) is 0 Å². The van der Waals surface area contributed by atoms with Crippen molar-refractivity contribution in [3.63, 3.8) is 0 Å². The van der Waals surface area contributed by atoms with Crippen LogP contribution in [0.15, 0.2) is 195 Å². The summed E-state index contributed by atoms with van der Waals surface area (Å²) in [7, 11) is 0. The molecule has 13 rings (SSSR count). The number of rotatable bonds is 6. The predicted octanol–water partition coefficient (Wildman–Crippen LogP) is 16.7. The van der Waals surface area contributed by atoms with Crippen molar-refractivity contribution >= 4 is 92.7 Å². The van der Waals surface area contributed by atoms with Gasteiger partial charge in [0.05, 0.1) is 22.2 Å². The number of hydrogen-bond acceptors (Lipinski definition) is 1. The second-order valence-electron chi connectivity index (χ2n) is 16.5. The van der Waals surface area contributed by atoms with E-state index >= 15 is 0 Å². The van der Waals surface area contributed by atoms with E-state index in [1.807, 2.05) is 23.5 Å². The van der Waals surface area contributed by atoms with Gasteiger partial charge in [0.2, 0.25) is 0 Å². The van der Waals surface area contributed by atoms with E-state index in [4.69, 9.17) is 0 Å². The van der Waals surface area contributed by atoms with Gasteiger partial charge in [0.15, 0.2) is 0 Å². The maximum atomic E-state index is 4.32. The summed E-state index contributed by atoms with van der Waals surface area (Å²) in [5.41, 5.74) is 17.9. The average Bonchev–Trinajstić information content (AvgIpc) is 3.98. The molecule has 0 atom stereocenters. The van der Waals surface area contributed by atoms with Crippen LogP contribution in [-0.2, 0) is 0 Å². The molecule has 0 spiro atoms. The fourth-order valence-corrected chi connectivity index (χ4v) is 11.6. The highest BCUT2D eigenvalue weighted by Crippen LogP contribution is 2.51. The Labute approximate surface area is 363 Å². The molecule has 2 aliphatic rings. The van der Waals surface area contributed by atoms with E-state index < -0.39 is 0 Å². The van der Waals surface area contributed by atoms with E-state index in [1.165, 1.54) is 91.7 Å². The number of hydrogen-bond donors (Lipinski definition) is 0. The third-order valence-electron chi connectivity index (χ3n) is 13.2. The van der Waals surface area contributed by atoms with Crippen molar-refractivity contribution in [1.29, 1.82) is 0 Å². The van der Waals surface area contributed by atoms with Gasteiger partial charge in [-0.25, -0.2) is 0 Å². The number of allylic oxidation sites excluding steroid dienone is 6. The quantitative estimate of drug-likeness (QED) is 0.158. The summed E-state index contributed by atoms with van der Waals surface area (Å²) in [4.78, 5) is 0. The lowest BCUT2D eigenvalue weighted by Gasteiger charge is -2.12. The summed E-state index contributed by atoms with van der Waals surface area (Å²) in [5.74, 6) is 0. The monoisotopic (exact) mass is 806 g/mol. The molecule has 0 saturated carbocycles. The topological polar surface area (TPSA) is 9.86 Å². The first kappa shape index (κ1) is 35.1. The SMILES string of the molecule is C=Cc1c(C=C)n(-c2ccc3c(c2)sc2ccccc23)c2ccc(-c3ccc4c(c3)c3c5cccc6c5c(cc3n4-c3cccc(C4=CC=CCC=C4)c3)-c3ccccc3-6)cc12. The second kappa shape index (κ2) is 13.4. The smallest absolute Gasteiger partial charge is 0.0553 e. The van der Waals surface area contributed by atoms with Crippen LogP contribution in [0.25, 0.3) is 126 Å². The summed E-state index contributed by atoms with van der Waals surface area (Å²) >= 11 is 1.85. The minimum Gasteiger partial charge on any atom is -0.309 e. The van der Waals surface area contributed by atoms with Crippen LogP contribution in [0.2, 0.25) is 0 Å². The highest BCUT2D eigenvalue weighted by molar-refractivity contribution is 7.25. The third-order valence-corrected chi connectivity index (χ3v) is 14.3. The fourth-order valence-electron chi connectivity index (χ4n) is 10.5. The van der Waals surface area contributed by atoms with Gasteiger partial charge >= 0.3 is 0 Å². The molecule has 0 N–H and O–H groups in total. The molecule has 290 valence electrons. The molecule has 3 heteroatoms. The molecule has 0 fully saturated rings. The Hall–Kier alpha value is -7.72. The zero-order valence-corrected chi connectivity index (χ0v) is 34.7. The van der Waals surface area contributed by atoms with Crippen LogP contribution in [0.1, 0.15) is 23.2 Å². The molecule has 2 nitrogen and oxygen atoms in total. The van der Waals surface area contributed by atoms with E-state index in [2.05, 4.69) is 204 Å². The zero-order valence-electron chi connectivity index (χ0n) is 33.9. The second-order valence-corrected chi connectivity index (χ2v) is 17.5. The van der Waals surface area contributed by atoms with Crippen molar-refractivity contribution in [2.75, 3.05) is 0 Å². The molecular weight excluding hydrogens is 769 g/mol. The summed E-state index contributed by atoms with van der Waals surface area (Å²) in [5, 5.41) is 8.90. The van der Waals surface area contributed by atoms with Crippen LogP contribution in [0.3, 0.4) is 0 Å². The molecule has 3 heterocycles. The predicted molar refractivity (Wildman–Crippen MR) is 269 cm³/mol. The van der Waals surface area contributed by atoms with E-state index in [0.717, 1.165) is 45.5 Å². The van der Waals surface area contributed by atoms with Gasteiger partial charge in [-0.15, -0.1) is 11.3 Å². The lowest BCUT2D eigenvalue weighted by Crippen LogP contribution is -1.96. The molecule has 0 amide bonds. The number of thiophene rings is 1. The van der Waals surface area contributed by atoms with Crippen molar-refractivity contribution in [2.24, 2.45) is 0 Å². The Bertz CT molecular complexity index is 3870. The maximum absolute atomic E-state index is 4.32. The van der Waals surface area contributed by atoms with Crippen LogP contribution in [-0.4, -0.2) is 9.13 Å². The number of aromatic nitrogens is 2. The van der Waals surface area contributed by atoms with Crippen LogP contribution in [0.5, 0.6) is 0 Å². The molecule has 0 unspecified atom stereocenters. The first-order chi connectivity index (χ1) is 30.7. The molecule has 62 heavy (non-hydrogen) atoms. The highest BCUT2D eigenvalue weighted by atomic mass is 32.1. The molecule has 3 aromatic heterocycles. The Morgan fingerprint density at radius 2 is 1.19 bits per heavy atom. The minimum absolute atomic E-state index is 0.945. The van der Waals surface area contributed by atoms with Gasteiger partial charge in [-0.1, -0.05) is 141 Å². The summed E-state index contributed by atoms with van der Waals surface area (Å²) < 4.78 is 7.41. The van der Waals surface area contributed by atoms with Crippen molar-refractivity contribution in [2.45, 2.75) is 6.42 Å². The van der Waals surface area contributed by atoms with Gasteiger partial charge in [0.1, 0.15) is 0 Å². The summed E-state index contributed by atoms with van der Waals surface area (Å²) in [6, 6.07) is 56.7. The molecule has 0 aliphatic heterocycles.